The topological polar surface area (TPSA) is 83.9 Å². The van der Waals surface area contributed by atoms with Crippen LogP contribution in [0.3, 0.4) is 0 Å². The zero-order chi connectivity index (χ0) is 24.5. The summed E-state index contributed by atoms with van der Waals surface area (Å²) in [6, 6.07) is 16.8. The number of methoxy groups -OCH3 is 1. The maximum atomic E-state index is 14.2. The van der Waals surface area contributed by atoms with Crippen LogP contribution in [-0.4, -0.2) is 30.9 Å². The third-order valence-corrected chi connectivity index (χ3v) is 7.81. The lowest BCUT2D eigenvalue weighted by Gasteiger charge is -2.40. The average Bonchev–Trinajstić information content (AvgIpc) is 2.83. The molecular formula is C26H24FNO5S. The fourth-order valence-corrected chi connectivity index (χ4v) is 6.00. The maximum absolute atomic E-state index is 14.2. The molecule has 0 saturated carbocycles. The number of benzene rings is 3. The molecule has 0 spiro atoms. The molecule has 3 aromatic rings. The summed E-state index contributed by atoms with van der Waals surface area (Å²) in [7, 11) is -2.66. The van der Waals surface area contributed by atoms with Gasteiger partial charge in [-0.05, 0) is 60.9 Å². The zero-order valence-corrected chi connectivity index (χ0v) is 19.5. The number of hydrogen-bond acceptors (Lipinski definition) is 4. The number of hydrogen-bond donors (Lipinski definition) is 1. The number of carboxylic acid groups (broad SMARTS) is 1. The van der Waals surface area contributed by atoms with Gasteiger partial charge >= 0.3 is 5.97 Å². The third-order valence-electron chi connectivity index (χ3n) is 5.93. The number of ether oxygens (including phenoxy) is 1. The second kappa shape index (κ2) is 9.40. The molecule has 0 saturated heterocycles. The van der Waals surface area contributed by atoms with Crippen LogP contribution in [0.4, 0.5) is 4.39 Å². The molecule has 4 rings (SSSR count). The highest BCUT2D eigenvalue weighted by molar-refractivity contribution is 7.89. The van der Waals surface area contributed by atoms with E-state index in [1.807, 2.05) is 6.92 Å². The Morgan fingerprint density at radius 1 is 1.03 bits per heavy atom. The van der Waals surface area contributed by atoms with Crippen molar-refractivity contribution < 1.29 is 27.4 Å². The molecule has 0 amide bonds. The van der Waals surface area contributed by atoms with Crippen molar-refractivity contribution in [1.29, 1.82) is 0 Å². The smallest absolute Gasteiger partial charge is 0.333 e. The van der Waals surface area contributed by atoms with E-state index in [0.717, 1.165) is 5.56 Å². The molecule has 3 aromatic carbocycles. The van der Waals surface area contributed by atoms with Gasteiger partial charge in [0.2, 0.25) is 10.0 Å². The lowest BCUT2D eigenvalue weighted by Crippen LogP contribution is -2.42. The molecular weight excluding hydrogens is 457 g/mol. The van der Waals surface area contributed by atoms with Crippen molar-refractivity contribution in [3.63, 3.8) is 0 Å². The number of sulfonamides is 1. The number of carboxylic acids is 1. The van der Waals surface area contributed by atoms with Crippen LogP contribution in [0, 0.1) is 12.7 Å². The Hall–Kier alpha value is -3.49. The van der Waals surface area contributed by atoms with Gasteiger partial charge in [-0.15, -0.1) is 0 Å². The Kier molecular flexibility index (Phi) is 6.54. The lowest BCUT2D eigenvalue weighted by atomic mass is 9.89. The molecule has 0 bridgehead atoms. The number of halogens is 1. The molecule has 0 unspecified atom stereocenters. The minimum atomic E-state index is -4.19. The standard InChI is InChI=1S/C26H24FNO5S/c1-17-6-12-22(13-7-17)34(31,32)28-24(18-8-10-21(33-2)11-9-18)15-14-23(26(29)30)25(28)19-4-3-5-20(27)16-19/h3-14,16,24-25H,15H2,1-2H3,(H,29,30)/t24-,25-/m0/s1. The average molecular weight is 482 g/mol. The quantitative estimate of drug-likeness (QED) is 0.534. The highest BCUT2D eigenvalue weighted by Crippen LogP contribution is 2.45. The second-order valence-corrected chi connectivity index (χ2v) is 9.94. The summed E-state index contributed by atoms with van der Waals surface area (Å²) in [5.41, 5.74) is 1.67. The van der Waals surface area contributed by atoms with Crippen LogP contribution in [-0.2, 0) is 14.8 Å². The first-order valence-electron chi connectivity index (χ1n) is 10.7. The van der Waals surface area contributed by atoms with Gasteiger partial charge in [-0.25, -0.2) is 17.6 Å². The fraction of sp³-hybridized carbons (Fsp3) is 0.192. The normalized spacial score (nSPS) is 18.9. The van der Waals surface area contributed by atoms with Gasteiger partial charge in [0.25, 0.3) is 0 Å². The molecule has 34 heavy (non-hydrogen) atoms. The molecule has 1 aliphatic heterocycles. The van der Waals surface area contributed by atoms with Crippen LogP contribution in [0.2, 0.25) is 0 Å². The van der Waals surface area contributed by atoms with Crippen molar-refractivity contribution in [3.8, 4) is 5.75 Å². The van der Waals surface area contributed by atoms with Gasteiger partial charge in [0.05, 0.1) is 29.7 Å². The van der Waals surface area contributed by atoms with E-state index in [0.29, 0.717) is 11.3 Å². The van der Waals surface area contributed by atoms with E-state index in [1.54, 1.807) is 42.5 Å². The predicted molar refractivity (Wildman–Crippen MR) is 125 cm³/mol. The SMILES string of the molecule is COc1ccc([C@@H]2CC=C(C(=O)O)[C@H](c3cccc(F)c3)N2S(=O)(=O)c2ccc(C)cc2)cc1. The van der Waals surface area contributed by atoms with E-state index in [9.17, 15) is 22.7 Å². The number of carbonyl (C=O) groups is 1. The molecule has 8 heteroatoms. The minimum Gasteiger partial charge on any atom is -0.497 e. The van der Waals surface area contributed by atoms with Crippen LogP contribution >= 0.6 is 0 Å². The molecule has 0 radical (unpaired) electrons. The molecule has 1 heterocycles. The van der Waals surface area contributed by atoms with Gasteiger partial charge in [-0.2, -0.15) is 4.31 Å². The number of rotatable bonds is 6. The van der Waals surface area contributed by atoms with Crippen LogP contribution in [0.5, 0.6) is 5.75 Å². The van der Waals surface area contributed by atoms with Gasteiger partial charge < -0.3 is 9.84 Å². The first-order valence-corrected chi connectivity index (χ1v) is 12.1. The maximum Gasteiger partial charge on any atom is 0.333 e. The molecule has 0 aliphatic carbocycles. The van der Waals surface area contributed by atoms with E-state index >= 15 is 0 Å². The molecule has 176 valence electrons. The molecule has 1 aliphatic rings. The summed E-state index contributed by atoms with van der Waals surface area (Å²) in [6.07, 6.45) is 1.67. The Morgan fingerprint density at radius 2 is 1.71 bits per heavy atom. The van der Waals surface area contributed by atoms with E-state index in [1.165, 1.54) is 47.8 Å². The summed E-state index contributed by atoms with van der Waals surface area (Å²) in [5, 5.41) is 9.95. The molecule has 6 nitrogen and oxygen atoms in total. The summed E-state index contributed by atoms with van der Waals surface area (Å²) in [4.78, 5) is 12.2. The van der Waals surface area contributed by atoms with Crippen molar-refractivity contribution in [2.45, 2.75) is 30.3 Å². The molecule has 1 N–H and O–H groups in total. The van der Waals surface area contributed by atoms with E-state index in [-0.39, 0.29) is 22.5 Å². The van der Waals surface area contributed by atoms with Crippen molar-refractivity contribution in [2.75, 3.05) is 7.11 Å². The summed E-state index contributed by atoms with van der Waals surface area (Å²) in [5.74, 6) is -1.23. The number of nitrogens with zero attached hydrogens (tertiary/aromatic N) is 1. The fourth-order valence-electron chi connectivity index (χ4n) is 4.23. The van der Waals surface area contributed by atoms with Gasteiger partial charge in [-0.1, -0.05) is 48.0 Å². The lowest BCUT2D eigenvalue weighted by molar-refractivity contribution is -0.133. The van der Waals surface area contributed by atoms with Crippen LogP contribution in [0.1, 0.15) is 35.2 Å². The van der Waals surface area contributed by atoms with Crippen LogP contribution in [0.15, 0.2) is 89.3 Å². The van der Waals surface area contributed by atoms with Crippen LogP contribution < -0.4 is 4.74 Å². The summed E-state index contributed by atoms with van der Waals surface area (Å²) in [6.45, 7) is 1.85. The van der Waals surface area contributed by atoms with E-state index in [4.69, 9.17) is 4.74 Å². The zero-order valence-electron chi connectivity index (χ0n) is 18.7. The van der Waals surface area contributed by atoms with Crippen molar-refractivity contribution >= 4 is 16.0 Å². The van der Waals surface area contributed by atoms with Crippen molar-refractivity contribution in [1.82, 2.24) is 4.31 Å². The van der Waals surface area contributed by atoms with Crippen molar-refractivity contribution in [3.05, 3.63) is 107 Å². The number of aliphatic carboxylic acids is 1. The summed E-state index contributed by atoms with van der Waals surface area (Å²) >= 11 is 0. The Morgan fingerprint density at radius 3 is 2.29 bits per heavy atom. The predicted octanol–water partition coefficient (Wildman–Crippen LogP) is 5.03. The molecule has 2 atom stereocenters. The third kappa shape index (κ3) is 4.47. The van der Waals surface area contributed by atoms with Gasteiger partial charge in [0.1, 0.15) is 11.6 Å². The molecule has 0 aromatic heterocycles. The Labute approximate surface area is 198 Å². The van der Waals surface area contributed by atoms with E-state index < -0.39 is 33.9 Å². The van der Waals surface area contributed by atoms with Gasteiger partial charge in [0, 0.05) is 0 Å². The second-order valence-electron chi connectivity index (χ2n) is 8.09. The number of aryl methyl sites for hydroxylation is 1. The first kappa shape index (κ1) is 23.7. The minimum absolute atomic E-state index is 0.0321. The molecule has 0 fully saturated rings. The highest BCUT2D eigenvalue weighted by atomic mass is 32.2. The summed E-state index contributed by atoms with van der Waals surface area (Å²) < 4.78 is 48.7. The Bertz CT molecular complexity index is 1330. The van der Waals surface area contributed by atoms with Crippen molar-refractivity contribution in [2.24, 2.45) is 0 Å². The highest BCUT2D eigenvalue weighted by Gasteiger charge is 2.44. The monoisotopic (exact) mass is 481 g/mol. The van der Waals surface area contributed by atoms with Gasteiger partial charge in [0.15, 0.2) is 0 Å². The van der Waals surface area contributed by atoms with Gasteiger partial charge in [-0.3, -0.25) is 0 Å². The first-order chi connectivity index (χ1) is 16.2. The Balaban J connectivity index is 1.96. The largest absolute Gasteiger partial charge is 0.497 e. The van der Waals surface area contributed by atoms with E-state index in [2.05, 4.69) is 0 Å². The van der Waals surface area contributed by atoms with Crippen LogP contribution in [0.25, 0.3) is 0 Å².